The van der Waals surface area contributed by atoms with E-state index in [4.69, 9.17) is 4.74 Å². The molecule has 1 aromatic heterocycles. The summed E-state index contributed by atoms with van der Waals surface area (Å²) in [6, 6.07) is 5.63. The average molecular weight is 418 g/mol. The van der Waals surface area contributed by atoms with E-state index in [1.807, 2.05) is 36.7 Å². The zero-order chi connectivity index (χ0) is 15.6. The number of ether oxygens (including phenoxy) is 1. The van der Waals surface area contributed by atoms with Crippen molar-refractivity contribution in [3.63, 3.8) is 0 Å². The Morgan fingerprint density at radius 2 is 2.10 bits per heavy atom. The van der Waals surface area contributed by atoms with Gasteiger partial charge in [-0.2, -0.15) is 5.10 Å². The van der Waals surface area contributed by atoms with Crippen LogP contribution in [0.2, 0.25) is 0 Å². The Labute approximate surface area is 141 Å². The van der Waals surface area contributed by atoms with Gasteiger partial charge in [0.1, 0.15) is 12.4 Å². The SMILES string of the molecule is CCn1nc(C)c(Br)c1COc1cc(Br)ccc1[C@@H](C)O. The Morgan fingerprint density at radius 1 is 1.38 bits per heavy atom. The molecule has 1 heterocycles. The first kappa shape index (κ1) is 16.5. The van der Waals surface area contributed by atoms with Crippen molar-refractivity contribution in [2.45, 2.75) is 40.0 Å². The molecule has 1 N–H and O–H groups in total. The van der Waals surface area contributed by atoms with E-state index in [-0.39, 0.29) is 0 Å². The highest BCUT2D eigenvalue weighted by molar-refractivity contribution is 9.10. The van der Waals surface area contributed by atoms with Gasteiger partial charge in [0, 0.05) is 16.6 Å². The van der Waals surface area contributed by atoms with Gasteiger partial charge in [-0.15, -0.1) is 0 Å². The van der Waals surface area contributed by atoms with Crippen molar-refractivity contribution in [1.82, 2.24) is 9.78 Å². The first-order chi connectivity index (χ1) is 9.93. The largest absolute Gasteiger partial charge is 0.487 e. The van der Waals surface area contributed by atoms with Crippen molar-refractivity contribution in [2.75, 3.05) is 0 Å². The van der Waals surface area contributed by atoms with Crippen molar-refractivity contribution in [1.29, 1.82) is 0 Å². The van der Waals surface area contributed by atoms with E-state index in [0.717, 1.165) is 32.4 Å². The van der Waals surface area contributed by atoms with Gasteiger partial charge in [-0.25, -0.2) is 0 Å². The second-order valence-electron chi connectivity index (χ2n) is 4.81. The molecule has 0 amide bonds. The molecule has 0 unspecified atom stereocenters. The van der Waals surface area contributed by atoms with Gasteiger partial charge in [-0.1, -0.05) is 22.0 Å². The summed E-state index contributed by atoms with van der Waals surface area (Å²) in [5.41, 5.74) is 2.71. The predicted molar refractivity (Wildman–Crippen MR) is 89.4 cm³/mol. The minimum Gasteiger partial charge on any atom is -0.487 e. The van der Waals surface area contributed by atoms with Crippen LogP contribution in [0.3, 0.4) is 0 Å². The quantitative estimate of drug-likeness (QED) is 0.785. The summed E-state index contributed by atoms with van der Waals surface area (Å²) < 4.78 is 9.73. The molecular weight excluding hydrogens is 400 g/mol. The Bertz CT molecular complexity index is 639. The first-order valence-electron chi connectivity index (χ1n) is 6.76. The summed E-state index contributed by atoms with van der Waals surface area (Å²) in [6.07, 6.45) is -0.575. The van der Waals surface area contributed by atoms with E-state index in [2.05, 4.69) is 37.0 Å². The number of hydrogen-bond donors (Lipinski definition) is 1. The molecule has 114 valence electrons. The molecule has 1 atom stereocenters. The van der Waals surface area contributed by atoms with E-state index in [1.165, 1.54) is 0 Å². The van der Waals surface area contributed by atoms with E-state index in [9.17, 15) is 5.11 Å². The lowest BCUT2D eigenvalue weighted by Crippen LogP contribution is -2.08. The normalized spacial score (nSPS) is 12.5. The van der Waals surface area contributed by atoms with Crippen LogP contribution >= 0.6 is 31.9 Å². The van der Waals surface area contributed by atoms with Crippen molar-refractivity contribution in [3.8, 4) is 5.75 Å². The molecule has 0 saturated heterocycles. The zero-order valence-corrected chi connectivity index (χ0v) is 15.4. The van der Waals surface area contributed by atoms with Crippen LogP contribution in [-0.4, -0.2) is 14.9 Å². The van der Waals surface area contributed by atoms with Gasteiger partial charge < -0.3 is 9.84 Å². The molecular formula is C15H18Br2N2O2. The van der Waals surface area contributed by atoms with Crippen molar-refractivity contribution < 1.29 is 9.84 Å². The highest BCUT2D eigenvalue weighted by Gasteiger charge is 2.15. The standard InChI is InChI=1S/C15H18Br2N2O2/c1-4-19-13(15(17)9(2)18-19)8-21-14-7-11(16)5-6-12(14)10(3)20/h5-7,10,20H,4,8H2,1-3H3/t10-/m1/s1. The maximum Gasteiger partial charge on any atom is 0.131 e. The number of aliphatic hydroxyl groups is 1. The third-order valence-corrected chi connectivity index (χ3v) is 4.77. The Kier molecular flexibility index (Phi) is 5.46. The minimum absolute atomic E-state index is 0.394. The van der Waals surface area contributed by atoms with Gasteiger partial charge in [0.05, 0.1) is 22.0 Å². The molecule has 0 saturated carbocycles. The Hall–Kier alpha value is -0.850. The van der Waals surface area contributed by atoms with Crippen LogP contribution in [0.4, 0.5) is 0 Å². The van der Waals surface area contributed by atoms with Gasteiger partial charge in [0.2, 0.25) is 0 Å². The predicted octanol–water partition coefficient (Wildman–Crippen LogP) is 4.37. The molecule has 0 bridgehead atoms. The molecule has 21 heavy (non-hydrogen) atoms. The smallest absolute Gasteiger partial charge is 0.131 e. The average Bonchev–Trinajstić information content (AvgIpc) is 2.71. The van der Waals surface area contributed by atoms with Crippen molar-refractivity contribution in [2.24, 2.45) is 0 Å². The molecule has 0 radical (unpaired) electrons. The van der Waals surface area contributed by atoms with Crippen LogP contribution in [-0.2, 0) is 13.2 Å². The number of hydrogen-bond acceptors (Lipinski definition) is 3. The van der Waals surface area contributed by atoms with Crippen LogP contribution in [0.15, 0.2) is 27.1 Å². The Morgan fingerprint density at radius 3 is 2.71 bits per heavy atom. The molecule has 1 aromatic carbocycles. The summed E-state index contributed by atoms with van der Waals surface area (Å²) in [5, 5.41) is 14.3. The van der Waals surface area contributed by atoms with Crippen LogP contribution in [0.25, 0.3) is 0 Å². The molecule has 0 fully saturated rings. The number of aromatic nitrogens is 2. The third-order valence-electron chi connectivity index (χ3n) is 3.24. The molecule has 2 rings (SSSR count). The molecule has 2 aromatic rings. The number of benzene rings is 1. The zero-order valence-electron chi connectivity index (χ0n) is 12.2. The van der Waals surface area contributed by atoms with Gasteiger partial charge in [0.15, 0.2) is 0 Å². The van der Waals surface area contributed by atoms with E-state index in [0.29, 0.717) is 12.4 Å². The van der Waals surface area contributed by atoms with Crippen LogP contribution in [0.1, 0.15) is 36.9 Å². The molecule has 0 spiro atoms. The van der Waals surface area contributed by atoms with Crippen molar-refractivity contribution in [3.05, 3.63) is 44.1 Å². The topological polar surface area (TPSA) is 47.3 Å². The summed E-state index contributed by atoms with van der Waals surface area (Å²) in [4.78, 5) is 0. The van der Waals surface area contributed by atoms with Gasteiger partial charge >= 0.3 is 0 Å². The summed E-state index contributed by atoms with van der Waals surface area (Å²) in [6.45, 7) is 6.91. The highest BCUT2D eigenvalue weighted by Crippen LogP contribution is 2.30. The molecule has 0 aliphatic carbocycles. The van der Waals surface area contributed by atoms with E-state index >= 15 is 0 Å². The van der Waals surface area contributed by atoms with Crippen LogP contribution in [0, 0.1) is 6.92 Å². The maximum absolute atomic E-state index is 9.83. The monoisotopic (exact) mass is 416 g/mol. The minimum atomic E-state index is -0.575. The number of rotatable bonds is 5. The van der Waals surface area contributed by atoms with Gasteiger partial charge in [-0.3, -0.25) is 4.68 Å². The van der Waals surface area contributed by atoms with Crippen LogP contribution in [0.5, 0.6) is 5.75 Å². The van der Waals surface area contributed by atoms with Gasteiger partial charge in [-0.05, 0) is 48.8 Å². The number of aliphatic hydroxyl groups excluding tert-OH is 1. The third kappa shape index (κ3) is 3.67. The number of halogens is 2. The van der Waals surface area contributed by atoms with Gasteiger partial charge in [0.25, 0.3) is 0 Å². The molecule has 0 aliphatic rings. The lowest BCUT2D eigenvalue weighted by atomic mass is 10.1. The fourth-order valence-corrected chi connectivity index (χ4v) is 2.87. The van der Waals surface area contributed by atoms with E-state index < -0.39 is 6.10 Å². The molecule has 0 aliphatic heterocycles. The summed E-state index contributed by atoms with van der Waals surface area (Å²) >= 11 is 6.99. The highest BCUT2D eigenvalue weighted by atomic mass is 79.9. The molecule has 6 heteroatoms. The maximum atomic E-state index is 9.83. The number of nitrogens with zero attached hydrogens (tertiary/aromatic N) is 2. The number of aryl methyl sites for hydroxylation is 2. The second-order valence-corrected chi connectivity index (χ2v) is 6.52. The lowest BCUT2D eigenvalue weighted by molar-refractivity contribution is 0.189. The van der Waals surface area contributed by atoms with E-state index in [1.54, 1.807) is 6.92 Å². The summed E-state index contributed by atoms with van der Waals surface area (Å²) in [7, 11) is 0. The van der Waals surface area contributed by atoms with Crippen LogP contribution < -0.4 is 4.74 Å². The summed E-state index contributed by atoms with van der Waals surface area (Å²) in [5.74, 6) is 0.674. The van der Waals surface area contributed by atoms with Crippen molar-refractivity contribution >= 4 is 31.9 Å². The fourth-order valence-electron chi connectivity index (χ4n) is 2.13. The second kappa shape index (κ2) is 6.94. The first-order valence-corrected chi connectivity index (χ1v) is 8.34. The molecule has 4 nitrogen and oxygen atoms in total. The fraction of sp³-hybridized carbons (Fsp3) is 0.400. The lowest BCUT2D eigenvalue weighted by Gasteiger charge is -2.14. The Balaban J connectivity index is 2.26.